The Morgan fingerprint density at radius 1 is 1.17 bits per heavy atom. The number of aliphatic hydroxyl groups is 1. The molecule has 0 aliphatic rings. The van der Waals surface area contributed by atoms with Crippen molar-refractivity contribution in [2.24, 2.45) is 0 Å². The number of nitrogens with zero attached hydrogens (tertiary/aromatic N) is 1. The molecule has 2 aromatic rings. The Balaban J connectivity index is 2.04. The number of hydrogen-bond donors (Lipinski definition) is 2. The Bertz CT molecular complexity index is 747. The van der Waals surface area contributed by atoms with Gasteiger partial charge in [-0.3, -0.25) is 4.98 Å². The van der Waals surface area contributed by atoms with E-state index in [0.29, 0.717) is 0 Å². The number of benzene rings is 1. The SMILES string of the molecule is O=S(=O)(NCC(O)c1ccc(C(F)(F)F)cc1)c1cccnc1. The van der Waals surface area contributed by atoms with Gasteiger partial charge in [-0.1, -0.05) is 12.1 Å². The van der Waals surface area contributed by atoms with Gasteiger partial charge in [0, 0.05) is 18.9 Å². The monoisotopic (exact) mass is 346 g/mol. The Kier molecular flexibility index (Phi) is 5.03. The highest BCUT2D eigenvalue weighted by Crippen LogP contribution is 2.29. The Morgan fingerprint density at radius 3 is 2.35 bits per heavy atom. The van der Waals surface area contributed by atoms with E-state index in [0.717, 1.165) is 30.5 Å². The number of alkyl halides is 3. The molecule has 0 bridgehead atoms. The molecule has 0 amide bonds. The van der Waals surface area contributed by atoms with Gasteiger partial charge in [-0.2, -0.15) is 13.2 Å². The minimum Gasteiger partial charge on any atom is -0.387 e. The van der Waals surface area contributed by atoms with Crippen LogP contribution in [0.2, 0.25) is 0 Å². The van der Waals surface area contributed by atoms with Gasteiger partial charge < -0.3 is 5.11 Å². The molecule has 0 spiro atoms. The van der Waals surface area contributed by atoms with E-state index in [1.807, 2.05) is 0 Å². The highest BCUT2D eigenvalue weighted by Gasteiger charge is 2.30. The zero-order valence-corrected chi connectivity index (χ0v) is 12.5. The van der Waals surface area contributed by atoms with Gasteiger partial charge in [0.05, 0.1) is 11.7 Å². The van der Waals surface area contributed by atoms with Gasteiger partial charge >= 0.3 is 6.18 Å². The second kappa shape index (κ2) is 6.65. The van der Waals surface area contributed by atoms with Crippen molar-refractivity contribution >= 4 is 10.0 Å². The molecule has 1 atom stereocenters. The summed E-state index contributed by atoms with van der Waals surface area (Å²) in [7, 11) is -3.85. The first-order chi connectivity index (χ1) is 10.7. The van der Waals surface area contributed by atoms with Crippen molar-refractivity contribution in [3.05, 3.63) is 59.9 Å². The average molecular weight is 346 g/mol. The van der Waals surface area contributed by atoms with Gasteiger partial charge in [0.15, 0.2) is 0 Å². The molecule has 2 N–H and O–H groups in total. The molecule has 0 fully saturated rings. The van der Waals surface area contributed by atoms with Crippen LogP contribution in [0.5, 0.6) is 0 Å². The smallest absolute Gasteiger partial charge is 0.387 e. The highest BCUT2D eigenvalue weighted by molar-refractivity contribution is 7.89. The maximum Gasteiger partial charge on any atom is 0.416 e. The number of pyridine rings is 1. The highest BCUT2D eigenvalue weighted by atomic mass is 32.2. The molecule has 9 heteroatoms. The van der Waals surface area contributed by atoms with E-state index in [-0.39, 0.29) is 17.0 Å². The largest absolute Gasteiger partial charge is 0.416 e. The van der Waals surface area contributed by atoms with Crippen LogP contribution in [0, 0.1) is 0 Å². The predicted octanol–water partition coefficient (Wildman–Crippen LogP) is 2.11. The average Bonchev–Trinajstić information content (AvgIpc) is 2.53. The van der Waals surface area contributed by atoms with Crippen LogP contribution < -0.4 is 4.72 Å². The number of nitrogens with one attached hydrogen (secondary N) is 1. The van der Waals surface area contributed by atoms with Gasteiger partial charge in [-0.15, -0.1) is 0 Å². The molecule has 0 aliphatic carbocycles. The minimum absolute atomic E-state index is 0.0698. The lowest BCUT2D eigenvalue weighted by molar-refractivity contribution is -0.137. The fourth-order valence-corrected chi connectivity index (χ4v) is 2.79. The summed E-state index contributed by atoms with van der Waals surface area (Å²) in [4.78, 5) is 3.61. The van der Waals surface area contributed by atoms with Crippen LogP contribution in [0.3, 0.4) is 0 Å². The zero-order valence-electron chi connectivity index (χ0n) is 11.7. The topological polar surface area (TPSA) is 79.3 Å². The van der Waals surface area contributed by atoms with Gasteiger partial charge in [-0.25, -0.2) is 13.1 Å². The van der Waals surface area contributed by atoms with E-state index >= 15 is 0 Å². The van der Waals surface area contributed by atoms with Crippen molar-refractivity contribution in [2.75, 3.05) is 6.54 Å². The quantitative estimate of drug-likeness (QED) is 0.869. The predicted molar refractivity (Wildman–Crippen MR) is 75.8 cm³/mol. The van der Waals surface area contributed by atoms with Crippen LogP contribution in [0.1, 0.15) is 17.2 Å². The fourth-order valence-electron chi connectivity index (χ4n) is 1.79. The van der Waals surface area contributed by atoms with Crippen molar-refractivity contribution in [3.8, 4) is 0 Å². The van der Waals surface area contributed by atoms with Gasteiger partial charge in [0.25, 0.3) is 0 Å². The molecule has 0 saturated carbocycles. The Hall–Kier alpha value is -1.97. The second-order valence-corrected chi connectivity index (χ2v) is 6.44. The van der Waals surface area contributed by atoms with Crippen molar-refractivity contribution in [2.45, 2.75) is 17.2 Å². The molecule has 0 aliphatic heterocycles. The van der Waals surface area contributed by atoms with Crippen molar-refractivity contribution in [1.82, 2.24) is 9.71 Å². The summed E-state index contributed by atoms with van der Waals surface area (Å²) in [6, 6.07) is 6.64. The summed E-state index contributed by atoms with van der Waals surface area (Å²) < 4.78 is 63.4. The van der Waals surface area contributed by atoms with E-state index in [2.05, 4.69) is 9.71 Å². The minimum atomic E-state index is -4.47. The molecule has 1 aromatic carbocycles. The molecule has 2 rings (SSSR count). The standard InChI is InChI=1S/C14H13F3N2O3S/c15-14(16,17)11-5-3-10(4-6-11)13(20)9-19-23(21,22)12-2-1-7-18-8-12/h1-8,13,19-20H,9H2. The van der Waals surface area contributed by atoms with E-state index in [4.69, 9.17) is 0 Å². The van der Waals surface area contributed by atoms with Crippen LogP contribution in [0.15, 0.2) is 53.7 Å². The third-order valence-electron chi connectivity index (χ3n) is 3.03. The summed E-state index contributed by atoms with van der Waals surface area (Å²) in [5.41, 5.74) is -0.670. The normalized spacial score (nSPS) is 13.7. The first-order valence-corrected chi connectivity index (χ1v) is 7.93. The van der Waals surface area contributed by atoms with E-state index in [9.17, 15) is 26.7 Å². The lowest BCUT2D eigenvalue weighted by Crippen LogP contribution is -2.28. The van der Waals surface area contributed by atoms with Gasteiger partial charge in [0.1, 0.15) is 4.90 Å². The lowest BCUT2D eigenvalue weighted by Gasteiger charge is -2.14. The maximum absolute atomic E-state index is 12.5. The number of rotatable bonds is 5. The molecule has 1 heterocycles. The second-order valence-electron chi connectivity index (χ2n) is 4.68. The molecule has 0 radical (unpaired) electrons. The van der Waals surface area contributed by atoms with Gasteiger partial charge in [0.2, 0.25) is 10.0 Å². The molecule has 5 nitrogen and oxygen atoms in total. The third-order valence-corrected chi connectivity index (χ3v) is 4.44. The Morgan fingerprint density at radius 2 is 1.83 bits per heavy atom. The molecule has 1 unspecified atom stereocenters. The lowest BCUT2D eigenvalue weighted by atomic mass is 10.1. The molecule has 23 heavy (non-hydrogen) atoms. The molecule has 1 aromatic heterocycles. The first kappa shape index (κ1) is 17.4. The summed E-state index contributed by atoms with van der Waals surface area (Å²) in [6.07, 6.45) is -3.18. The Labute approximate surface area is 130 Å². The maximum atomic E-state index is 12.5. The fraction of sp³-hybridized carbons (Fsp3) is 0.214. The van der Waals surface area contributed by atoms with Crippen LogP contribution in [0.25, 0.3) is 0 Å². The summed E-state index contributed by atoms with van der Waals surface area (Å²) in [5, 5.41) is 9.90. The zero-order chi connectivity index (χ0) is 17.1. The number of aliphatic hydroxyl groups excluding tert-OH is 1. The molecular formula is C14H13F3N2O3S. The van der Waals surface area contributed by atoms with E-state index in [1.54, 1.807) is 0 Å². The third kappa shape index (κ3) is 4.50. The van der Waals surface area contributed by atoms with Crippen molar-refractivity contribution in [3.63, 3.8) is 0 Å². The van der Waals surface area contributed by atoms with E-state index in [1.165, 1.54) is 18.3 Å². The van der Waals surface area contributed by atoms with Crippen molar-refractivity contribution in [1.29, 1.82) is 0 Å². The molecule has 0 saturated heterocycles. The number of aromatic nitrogens is 1. The van der Waals surface area contributed by atoms with E-state index < -0.39 is 27.9 Å². The van der Waals surface area contributed by atoms with Crippen LogP contribution in [0.4, 0.5) is 13.2 Å². The first-order valence-electron chi connectivity index (χ1n) is 6.45. The van der Waals surface area contributed by atoms with Crippen LogP contribution >= 0.6 is 0 Å². The summed E-state index contributed by atoms with van der Waals surface area (Å²) in [5.74, 6) is 0. The van der Waals surface area contributed by atoms with Gasteiger partial charge in [-0.05, 0) is 29.8 Å². The number of sulfonamides is 1. The van der Waals surface area contributed by atoms with Crippen LogP contribution in [-0.2, 0) is 16.2 Å². The summed E-state index contributed by atoms with van der Waals surface area (Å²) >= 11 is 0. The van der Waals surface area contributed by atoms with Crippen LogP contribution in [-0.4, -0.2) is 25.1 Å². The van der Waals surface area contributed by atoms with Crippen molar-refractivity contribution < 1.29 is 26.7 Å². The number of halogens is 3. The molecule has 124 valence electrons. The molecular weight excluding hydrogens is 333 g/mol. The number of hydrogen-bond acceptors (Lipinski definition) is 4. The summed E-state index contributed by atoms with van der Waals surface area (Å²) in [6.45, 7) is -0.372.